The standard InChI is InChI=1S/C9H17NO/c1-6-7(2)10-8(11)9(3,4)5/h6-7H,1H2,2-5H3,(H,10,11). The van der Waals surface area contributed by atoms with Crippen molar-refractivity contribution >= 4 is 5.91 Å². The van der Waals surface area contributed by atoms with E-state index in [9.17, 15) is 4.79 Å². The first-order valence-corrected chi connectivity index (χ1v) is 3.81. The van der Waals surface area contributed by atoms with Crippen LogP contribution in [0.1, 0.15) is 27.7 Å². The molecule has 1 atom stereocenters. The van der Waals surface area contributed by atoms with Crippen molar-refractivity contribution in [2.45, 2.75) is 33.7 Å². The highest BCUT2D eigenvalue weighted by Crippen LogP contribution is 2.12. The van der Waals surface area contributed by atoms with Crippen molar-refractivity contribution in [3.63, 3.8) is 0 Å². The molecule has 0 aromatic carbocycles. The zero-order valence-corrected chi connectivity index (χ0v) is 7.77. The van der Waals surface area contributed by atoms with Gasteiger partial charge in [0.2, 0.25) is 5.91 Å². The summed E-state index contributed by atoms with van der Waals surface area (Å²) in [4.78, 5) is 11.3. The predicted octanol–water partition coefficient (Wildman–Crippen LogP) is 1.72. The summed E-state index contributed by atoms with van der Waals surface area (Å²) in [5.41, 5.74) is -0.308. The molecular weight excluding hydrogens is 138 g/mol. The van der Waals surface area contributed by atoms with Gasteiger partial charge >= 0.3 is 0 Å². The number of hydrogen-bond acceptors (Lipinski definition) is 1. The molecule has 0 bridgehead atoms. The fourth-order valence-electron chi connectivity index (χ4n) is 0.482. The Morgan fingerprint density at radius 1 is 1.55 bits per heavy atom. The number of hydrogen-bond donors (Lipinski definition) is 1. The number of amides is 1. The predicted molar refractivity (Wildman–Crippen MR) is 47.3 cm³/mol. The average Bonchev–Trinajstić information content (AvgIpc) is 1.85. The van der Waals surface area contributed by atoms with E-state index in [0.29, 0.717) is 0 Å². The summed E-state index contributed by atoms with van der Waals surface area (Å²) in [7, 11) is 0. The molecule has 0 aliphatic carbocycles. The molecule has 0 aliphatic heterocycles. The van der Waals surface area contributed by atoms with Crippen LogP contribution in [0.15, 0.2) is 12.7 Å². The maximum absolute atomic E-state index is 11.3. The molecule has 0 spiro atoms. The van der Waals surface area contributed by atoms with E-state index in [1.165, 1.54) is 0 Å². The first-order valence-electron chi connectivity index (χ1n) is 3.81. The van der Waals surface area contributed by atoms with Crippen LogP contribution in [0.5, 0.6) is 0 Å². The minimum atomic E-state index is -0.308. The molecule has 0 rings (SSSR count). The van der Waals surface area contributed by atoms with E-state index in [0.717, 1.165) is 0 Å². The van der Waals surface area contributed by atoms with Gasteiger partial charge in [-0.15, -0.1) is 6.58 Å². The summed E-state index contributed by atoms with van der Waals surface area (Å²) in [6, 6.07) is 0.0572. The summed E-state index contributed by atoms with van der Waals surface area (Å²) < 4.78 is 0. The van der Waals surface area contributed by atoms with E-state index in [-0.39, 0.29) is 17.4 Å². The van der Waals surface area contributed by atoms with Crippen molar-refractivity contribution in [3.05, 3.63) is 12.7 Å². The van der Waals surface area contributed by atoms with Crippen LogP contribution in [0, 0.1) is 5.41 Å². The molecule has 2 heteroatoms. The Morgan fingerprint density at radius 2 is 2.00 bits per heavy atom. The number of nitrogens with one attached hydrogen (secondary N) is 1. The van der Waals surface area contributed by atoms with Crippen molar-refractivity contribution in [1.82, 2.24) is 5.32 Å². The van der Waals surface area contributed by atoms with Crippen molar-refractivity contribution in [1.29, 1.82) is 0 Å². The first kappa shape index (κ1) is 10.2. The zero-order valence-electron chi connectivity index (χ0n) is 7.77. The third-order valence-corrected chi connectivity index (χ3v) is 1.39. The van der Waals surface area contributed by atoms with E-state index < -0.39 is 0 Å². The van der Waals surface area contributed by atoms with Crippen LogP contribution in [0.3, 0.4) is 0 Å². The Bertz CT molecular complexity index is 155. The molecule has 0 heterocycles. The Balaban J connectivity index is 3.98. The second-order valence-corrected chi connectivity index (χ2v) is 3.75. The molecule has 1 amide bonds. The maximum atomic E-state index is 11.3. The van der Waals surface area contributed by atoms with Crippen molar-refractivity contribution in [3.8, 4) is 0 Å². The van der Waals surface area contributed by atoms with E-state index in [1.807, 2.05) is 27.7 Å². The number of carbonyl (C=O) groups is 1. The van der Waals surface area contributed by atoms with Gasteiger partial charge in [0.15, 0.2) is 0 Å². The quantitative estimate of drug-likeness (QED) is 0.604. The van der Waals surface area contributed by atoms with Gasteiger partial charge in [0.25, 0.3) is 0 Å². The van der Waals surface area contributed by atoms with Gasteiger partial charge in [-0.05, 0) is 6.92 Å². The lowest BCUT2D eigenvalue weighted by atomic mass is 9.95. The molecule has 1 N–H and O–H groups in total. The molecule has 0 aromatic rings. The van der Waals surface area contributed by atoms with Gasteiger partial charge in [0.1, 0.15) is 0 Å². The minimum Gasteiger partial charge on any atom is -0.350 e. The van der Waals surface area contributed by atoms with Crippen LogP contribution >= 0.6 is 0 Å². The normalized spacial score (nSPS) is 13.8. The molecule has 0 aromatic heterocycles. The summed E-state index contributed by atoms with van der Waals surface area (Å²) >= 11 is 0. The molecule has 1 unspecified atom stereocenters. The fraction of sp³-hybridized carbons (Fsp3) is 0.667. The highest BCUT2D eigenvalue weighted by Gasteiger charge is 2.21. The van der Waals surface area contributed by atoms with Crippen LogP contribution in [0.2, 0.25) is 0 Å². The maximum Gasteiger partial charge on any atom is 0.225 e. The van der Waals surface area contributed by atoms with Crippen molar-refractivity contribution in [2.75, 3.05) is 0 Å². The van der Waals surface area contributed by atoms with E-state index in [1.54, 1.807) is 6.08 Å². The highest BCUT2D eigenvalue weighted by molar-refractivity contribution is 5.81. The van der Waals surface area contributed by atoms with Gasteiger partial charge in [-0.25, -0.2) is 0 Å². The SMILES string of the molecule is C=CC(C)NC(=O)C(C)(C)C. The first-order chi connectivity index (χ1) is 4.88. The van der Waals surface area contributed by atoms with Gasteiger partial charge in [0, 0.05) is 11.5 Å². The molecule has 0 aliphatic rings. The second kappa shape index (κ2) is 3.56. The van der Waals surface area contributed by atoms with Crippen LogP contribution < -0.4 is 5.32 Å². The molecule has 0 saturated heterocycles. The molecule has 0 saturated carbocycles. The summed E-state index contributed by atoms with van der Waals surface area (Å²) in [5, 5.41) is 2.81. The Labute approximate surface area is 68.7 Å². The third-order valence-electron chi connectivity index (χ3n) is 1.39. The van der Waals surface area contributed by atoms with Crippen molar-refractivity contribution in [2.24, 2.45) is 5.41 Å². The lowest BCUT2D eigenvalue weighted by Gasteiger charge is -2.19. The largest absolute Gasteiger partial charge is 0.350 e. The molecule has 64 valence electrons. The Hall–Kier alpha value is -0.790. The van der Waals surface area contributed by atoms with Gasteiger partial charge in [-0.3, -0.25) is 4.79 Å². The molecule has 11 heavy (non-hydrogen) atoms. The van der Waals surface area contributed by atoms with Gasteiger partial charge < -0.3 is 5.32 Å². The van der Waals surface area contributed by atoms with Crippen LogP contribution in [-0.2, 0) is 4.79 Å². The number of carbonyl (C=O) groups excluding carboxylic acids is 1. The molecule has 0 fully saturated rings. The van der Waals surface area contributed by atoms with Crippen LogP contribution in [-0.4, -0.2) is 11.9 Å². The molecule has 2 nitrogen and oxygen atoms in total. The highest BCUT2D eigenvalue weighted by atomic mass is 16.2. The van der Waals surface area contributed by atoms with Crippen molar-refractivity contribution < 1.29 is 4.79 Å². The van der Waals surface area contributed by atoms with Crippen LogP contribution in [0.25, 0.3) is 0 Å². The Morgan fingerprint density at radius 3 is 2.27 bits per heavy atom. The minimum absolute atomic E-state index is 0.0572. The zero-order chi connectivity index (χ0) is 9.07. The van der Waals surface area contributed by atoms with E-state index in [4.69, 9.17) is 0 Å². The van der Waals surface area contributed by atoms with Gasteiger partial charge in [-0.2, -0.15) is 0 Å². The summed E-state index contributed by atoms with van der Waals surface area (Å²) in [6.07, 6.45) is 1.71. The lowest BCUT2D eigenvalue weighted by Crippen LogP contribution is -2.39. The lowest BCUT2D eigenvalue weighted by molar-refractivity contribution is -0.128. The monoisotopic (exact) mass is 155 g/mol. The molecular formula is C9H17NO. The average molecular weight is 155 g/mol. The fourth-order valence-corrected chi connectivity index (χ4v) is 0.482. The summed E-state index contributed by atoms with van der Waals surface area (Å²) in [6.45, 7) is 11.1. The van der Waals surface area contributed by atoms with E-state index >= 15 is 0 Å². The second-order valence-electron chi connectivity index (χ2n) is 3.75. The van der Waals surface area contributed by atoms with Crippen LogP contribution in [0.4, 0.5) is 0 Å². The third kappa shape index (κ3) is 3.81. The summed E-state index contributed by atoms with van der Waals surface area (Å²) in [5.74, 6) is 0.0601. The Kier molecular flexibility index (Phi) is 3.30. The molecule has 0 radical (unpaired) electrons. The number of rotatable bonds is 2. The smallest absolute Gasteiger partial charge is 0.225 e. The van der Waals surface area contributed by atoms with E-state index in [2.05, 4.69) is 11.9 Å². The topological polar surface area (TPSA) is 29.1 Å². The van der Waals surface area contributed by atoms with Gasteiger partial charge in [-0.1, -0.05) is 26.8 Å². The van der Waals surface area contributed by atoms with Gasteiger partial charge in [0.05, 0.1) is 0 Å².